The molecular weight excluding hydrogens is 454 g/mol. The minimum absolute atomic E-state index is 0.136. The van der Waals surface area contributed by atoms with Crippen molar-refractivity contribution < 1.29 is 14.3 Å². The summed E-state index contributed by atoms with van der Waals surface area (Å²) in [6.07, 6.45) is 0.272. The third-order valence-electron chi connectivity index (χ3n) is 4.86. The SMILES string of the molecule is Cc1cc(C)n2nc(SCc3ccccc3C(=O)OCC(=O)N(CCC#N)CCC#N)nc2n1. The topological polar surface area (TPSA) is 137 Å². The number of fused-ring (bicyclic) bond motifs is 1. The molecule has 0 unspecified atom stereocenters. The quantitative estimate of drug-likeness (QED) is 0.319. The largest absolute Gasteiger partial charge is 0.452 e. The minimum atomic E-state index is -0.624. The first-order valence-corrected chi connectivity index (χ1v) is 11.5. The molecule has 174 valence electrons. The van der Waals surface area contributed by atoms with Crippen LogP contribution in [-0.4, -0.2) is 56.1 Å². The number of hydrogen-bond donors (Lipinski definition) is 0. The fourth-order valence-corrected chi connectivity index (χ4v) is 4.05. The van der Waals surface area contributed by atoms with Gasteiger partial charge in [-0.2, -0.15) is 15.5 Å². The molecule has 0 N–H and O–H groups in total. The Morgan fingerprint density at radius 3 is 2.53 bits per heavy atom. The van der Waals surface area contributed by atoms with E-state index in [1.54, 1.807) is 22.7 Å². The highest BCUT2D eigenvalue weighted by Crippen LogP contribution is 2.23. The van der Waals surface area contributed by atoms with E-state index in [0.29, 0.717) is 22.3 Å². The zero-order chi connectivity index (χ0) is 24.5. The number of carbonyl (C=O) groups excluding carboxylic acids is 2. The van der Waals surface area contributed by atoms with E-state index in [2.05, 4.69) is 15.1 Å². The summed E-state index contributed by atoms with van der Waals surface area (Å²) in [5.41, 5.74) is 2.84. The molecule has 10 nitrogen and oxygen atoms in total. The molecule has 0 bridgehead atoms. The van der Waals surface area contributed by atoms with Crippen molar-refractivity contribution in [1.29, 1.82) is 10.5 Å². The molecule has 1 aromatic carbocycles. The van der Waals surface area contributed by atoms with Crippen molar-refractivity contribution in [3.05, 3.63) is 52.8 Å². The van der Waals surface area contributed by atoms with Crippen molar-refractivity contribution >= 4 is 29.4 Å². The van der Waals surface area contributed by atoms with Gasteiger partial charge in [-0.05, 0) is 31.5 Å². The molecule has 3 rings (SSSR count). The summed E-state index contributed by atoms with van der Waals surface area (Å²) < 4.78 is 6.92. The van der Waals surface area contributed by atoms with Crippen LogP contribution in [0.25, 0.3) is 5.78 Å². The summed E-state index contributed by atoms with van der Waals surface area (Å²) in [7, 11) is 0. The van der Waals surface area contributed by atoms with Crippen LogP contribution in [0, 0.1) is 36.5 Å². The minimum Gasteiger partial charge on any atom is -0.452 e. The van der Waals surface area contributed by atoms with Crippen molar-refractivity contribution in [3.63, 3.8) is 0 Å². The van der Waals surface area contributed by atoms with Crippen LogP contribution in [0.15, 0.2) is 35.5 Å². The van der Waals surface area contributed by atoms with Crippen LogP contribution in [0.2, 0.25) is 0 Å². The van der Waals surface area contributed by atoms with Gasteiger partial charge in [-0.25, -0.2) is 14.3 Å². The maximum Gasteiger partial charge on any atom is 0.338 e. The lowest BCUT2D eigenvalue weighted by Crippen LogP contribution is -2.36. The Balaban J connectivity index is 1.64. The number of ether oxygens (including phenoxy) is 1. The smallest absolute Gasteiger partial charge is 0.338 e. The van der Waals surface area contributed by atoms with Crippen molar-refractivity contribution in [2.24, 2.45) is 0 Å². The third kappa shape index (κ3) is 6.30. The van der Waals surface area contributed by atoms with E-state index < -0.39 is 18.5 Å². The second-order valence-corrected chi connectivity index (χ2v) is 8.31. The van der Waals surface area contributed by atoms with E-state index in [1.807, 2.05) is 38.1 Å². The number of hydrogen-bond acceptors (Lipinski definition) is 9. The highest BCUT2D eigenvalue weighted by Gasteiger charge is 2.18. The lowest BCUT2D eigenvalue weighted by molar-refractivity contribution is -0.134. The highest BCUT2D eigenvalue weighted by molar-refractivity contribution is 7.98. The van der Waals surface area contributed by atoms with E-state index in [0.717, 1.165) is 17.0 Å². The van der Waals surface area contributed by atoms with Crippen molar-refractivity contribution in [1.82, 2.24) is 24.5 Å². The molecule has 0 radical (unpaired) electrons. The van der Waals surface area contributed by atoms with Crippen molar-refractivity contribution in [2.45, 2.75) is 37.6 Å². The molecule has 0 aliphatic heterocycles. The Hall–Kier alpha value is -3.96. The molecule has 34 heavy (non-hydrogen) atoms. The first-order valence-electron chi connectivity index (χ1n) is 10.5. The summed E-state index contributed by atoms with van der Waals surface area (Å²) in [4.78, 5) is 35.3. The molecular formula is C23H23N7O3S. The van der Waals surface area contributed by atoms with E-state index in [9.17, 15) is 9.59 Å². The molecule has 0 aliphatic carbocycles. The predicted molar refractivity (Wildman–Crippen MR) is 124 cm³/mol. The van der Waals surface area contributed by atoms with Gasteiger partial charge in [-0.3, -0.25) is 4.79 Å². The number of nitrogens with zero attached hydrogens (tertiary/aromatic N) is 7. The fraction of sp³-hybridized carbons (Fsp3) is 0.348. The van der Waals surface area contributed by atoms with Crippen LogP contribution in [0.3, 0.4) is 0 Å². The van der Waals surface area contributed by atoms with Crippen molar-refractivity contribution in [3.8, 4) is 12.1 Å². The summed E-state index contributed by atoms with van der Waals surface area (Å²) in [5, 5.41) is 22.5. The molecule has 0 atom stereocenters. The molecule has 2 heterocycles. The average molecular weight is 478 g/mol. The van der Waals surface area contributed by atoms with Gasteiger partial charge in [-0.15, -0.1) is 5.10 Å². The number of thioether (sulfide) groups is 1. The Morgan fingerprint density at radius 1 is 1.12 bits per heavy atom. The normalized spacial score (nSPS) is 10.5. The van der Waals surface area contributed by atoms with Gasteiger partial charge in [-0.1, -0.05) is 30.0 Å². The third-order valence-corrected chi connectivity index (χ3v) is 5.75. The monoisotopic (exact) mass is 477 g/mol. The number of aromatic nitrogens is 4. The van der Waals surface area contributed by atoms with Gasteiger partial charge in [0.2, 0.25) is 5.16 Å². The first kappa shape index (κ1) is 24.7. The van der Waals surface area contributed by atoms with E-state index >= 15 is 0 Å². The standard InChI is InChI=1S/C23H23N7O3S/c1-16-13-17(2)30-22(26-16)27-23(28-30)34-15-18-7-3-4-8-19(18)21(32)33-14-20(31)29(11-5-9-24)12-6-10-25/h3-4,7-8,13H,5-6,11-12,14-15H2,1-2H3. The lowest BCUT2D eigenvalue weighted by Gasteiger charge is -2.20. The fourth-order valence-electron chi connectivity index (χ4n) is 3.22. The van der Waals surface area contributed by atoms with Crippen LogP contribution in [0.1, 0.15) is 40.2 Å². The number of aryl methyl sites for hydroxylation is 2. The van der Waals surface area contributed by atoms with Gasteiger partial charge in [0.15, 0.2) is 6.61 Å². The van der Waals surface area contributed by atoms with E-state index in [4.69, 9.17) is 15.3 Å². The second-order valence-electron chi connectivity index (χ2n) is 7.36. The molecule has 0 fully saturated rings. The number of benzene rings is 1. The van der Waals surface area contributed by atoms with Gasteiger partial charge < -0.3 is 9.64 Å². The Kier molecular flexibility index (Phi) is 8.54. The summed E-state index contributed by atoms with van der Waals surface area (Å²) >= 11 is 1.37. The highest BCUT2D eigenvalue weighted by atomic mass is 32.2. The van der Waals surface area contributed by atoms with Gasteiger partial charge in [0.25, 0.3) is 11.7 Å². The number of nitriles is 2. The zero-order valence-electron chi connectivity index (χ0n) is 18.9. The van der Waals surface area contributed by atoms with Crippen LogP contribution < -0.4 is 0 Å². The Morgan fingerprint density at radius 2 is 1.82 bits per heavy atom. The number of carbonyl (C=O) groups is 2. The molecule has 0 saturated carbocycles. The first-order chi connectivity index (χ1) is 16.4. The molecule has 0 aliphatic rings. The number of esters is 1. The van der Waals surface area contributed by atoms with E-state index in [-0.39, 0.29) is 25.9 Å². The summed E-state index contributed by atoms with van der Waals surface area (Å²) in [6, 6.07) is 12.8. The average Bonchev–Trinajstić information content (AvgIpc) is 3.24. The number of rotatable bonds is 10. The van der Waals surface area contributed by atoms with Crippen LogP contribution in [0.4, 0.5) is 0 Å². The van der Waals surface area contributed by atoms with Gasteiger partial charge in [0, 0.05) is 30.2 Å². The second kappa shape index (κ2) is 11.8. The van der Waals surface area contributed by atoms with E-state index in [1.165, 1.54) is 16.7 Å². The Bertz CT molecular complexity index is 1260. The zero-order valence-corrected chi connectivity index (χ0v) is 19.7. The molecule has 3 aromatic rings. The van der Waals surface area contributed by atoms with Gasteiger partial charge >= 0.3 is 5.97 Å². The number of amides is 1. The van der Waals surface area contributed by atoms with Crippen LogP contribution in [0.5, 0.6) is 0 Å². The molecule has 11 heteroatoms. The van der Waals surface area contributed by atoms with Crippen molar-refractivity contribution in [2.75, 3.05) is 19.7 Å². The summed E-state index contributed by atoms with van der Waals surface area (Å²) in [6.45, 7) is 3.73. The maximum absolute atomic E-state index is 12.7. The van der Waals surface area contributed by atoms with Crippen LogP contribution in [-0.2, 0) is 15.3 Å². The molecule has 0 saturated heterocycles. The molecule has 1 amide bonds. The molecule has 0 spiro atoms. The molecule has 2 aromatic heterocycles. The summed E-state index contributed by atoms with van der Waals surface area (Å²) in [5.74, 6) is -0.132. The van der Waals surface area contributed by atoms with Crippen LogP contribution >= 0.6 is 11.8 Å². The lowest BCUT2D eigenvalue weighted by atomic mass is 10.1. The predicted octanol–water partition coefficient (Wildman–Crippen LogP) is 2.85. The maximum atomic E-state index is 12.7. The van der Waals surface area contributed by atoms with Gasteiger partial charge in [0.05, 0.1) is 30.5 Å². The van der Waals surface area contributed by atoms with Gasteiger partial charge in [0.1, 0.15) is 0 Å². The Labute approximate surface area is 201 Å².